The maximum Gasteiger partial charge on any atom is 0.256 e. The summed E-state index contributed by atoms with van der Waals surface area (Å²) in [6.45, 7) is 0. The van der Waals surface area contributed by atoms with Crippen molar-refractivity contribution in [1.82, 2.24) is 5.32 Å². The predicted octanol–water partition coefficient (Wildman–Crippen LogP) is 1.90. The molecule has 2 aromatic carbocycles. The lowest BCUT2D eigenvalue weighted by Crippen LogP contribution is -2.30. The summed E-state index contributed by atoms with van der Waals surface area (Å²) < 4.78 is 0. The zero-order valence-electron chi connectivity index (χ0n) is 11.4. The van der Waals surface area contributed by atoms with Crippen LogP contribution in [0.25, 0.3) is 0 Å². The van der Waals surface area contributed by atoms with Crippen LogP contribution in [0.5, 0.6) is 5.75 Å². The number of hydrogen-bond acceptors (Lipinski definition) is 5. The molecular weight excluding hydrogens is 280 g/mol. The Labute approximate surface area is 126 Å². The largest absolute Gasteiger partial charge is 0.506 e. The standard InChI is InChI=1S/C16H12N4O2/c17-9-10-6-7-12(13(21)8-10)18-16-19-14(15(22)20-16)11-4-2-1-3-5-11/h1-8,14,21H,(H2,18,19,20,22). The molecule has 0 radical (unpaired) electrons. The molecule has 6 heteroatoms. The molecule has 0 aromatic heterocycles. The summed E-state index contributed by atoms with van der Waals surface area (Å²) >= 11 is 0. The number of guanidine groups is 1. The van der Waals surface area contributed by atoms with Crippen molar-refractivity contribution in [3.05, 3.63) is 59.7 Å². The monoisotopic (exact) mass is 292 g/mol. The lowest BCUT2D eigenvalue weighted by molar-refractivity contribution is -0.120. The van der Waals surface area contributed by atoms with Gasteiger partial charge in [0.25, 0.3) is 5.91 Å². The lowest BCUT2D eigenvalue weighted by atomic mass is 10.1. The number of aliphatic imine (C=N–C) groups is 1. The second-order valence-corrected chi connectivity index (χ2v) is 4.75. The number of carbonyl (C=O) groups is 1. The molecule has 1 heterocycles. The second-order valence-electron chi connectivity index (χ2n) is 4.75. The number of nitrogens with one attached hydrogen (secondary N) is 2. The number of nitrogens with zero attached hydrogens (tertiary/aromatic N) is 2. The summed E-state index contributed by atoms with van der Waals surface area (Å²) in [7, 11) is 0. The number of phenolic OH excluding ortho intramolecular Hbond substituents is 1. The van der Waals surface area contributed by atoms with Crippen LogP contribution in [-0.2, 0) is 4.79 Å². The van der Waals surface area contributed by atoms with Gasteiger partial charge in [-0.1, -0.05) is 30.3 Å². The molecule has 108 valence electrons. The summed E-state index contributed by atoms with van der Waals surface area (Å²) in [5.41, 5.74) is 1.51. The van der Waals surface area contributed by atoms with E-state index < -0.39 is 6.04 Å². The zero-order chi connectivity index (χ0) is 15.5. The Kier molecular flexibility index (Phi) is 3.46. The molecule has 1 unspecified atom stereocenters. The minimum Gasteiger partial charge on any atom is -0.506 e. The van der Waals surface area contributed by atoms with Gasteiger partial charge in [0, 0.05) is 0 Å². The fraction of sp³-hybridized carbons (Fsp3) is 0.0625. The number of hydrogen-bond donors (Lipinski definition) is 3. The van der Waals surface area contributed by atoms with Crippen molar-refractivity contribution in [2.75, 3.05) is 5.32 Å². The molecule has 0 bridgehead atoms. The average Bonchev–Trinajstić information content (AvgIpc) is 2.91. The summed E-state index contributed by atoms with van der Waals surface area (Å²) in [5.74, 6) is -0.0557. The van der Waals surface area contributed by atoms with Gasteiger partial charge in [-0.2, -0.15) is 5.26 Å². The molecule has 1 aliphatic heterocycles. The van der Waals surface area contributed by atoms with Gasteiger partial charge in [-0.3, -0.25) is 10.1 Å². The molecule has 0 fully saturated rings. The number of phenols is 1. The van der Waals surface area contributed by atoms with E-state index in [2.05, 4.69) is 15.6 Å². The second kappa shape index (κ2) is 5.58. The first-order valence-electron chi connectivity index (χ1n) is 6.61. The van der Waals surface area contributed by atoms with E-state index in [0.29, 0.717) is 11.3 Å². The van der Waals surface area contributed by atoms with Gasteiger partial charge in [-0.25, -0.2) is 4.99 Å². The minimum atomic E-state index is -0.607. The quantitative estimate of drug-likeness (QED) is 0.736. The maximum absolute atomic E-state index is 12.0. The fourth-order valence-electron chi connectivity index (χ4n) is 2.16. The van der Waals surface area contributed by atoms with Gasteiger partial charge in [0.2, 0.25) is 5.96 Å². The molecular formula is C16H12N4O2. The van der Waals surface area contributed by atoms with Crippen LogP contribution in [0.4, 0.5) is 5.69 Å². The van der Waals surface area contributed by atoms with Gasteiger partial charge < -0.3 is 10.4 Å². The number of carbonyl (C=O) groups excluding carboxylic acids is 1. The van der Waals surface area contributed by atoms with Crippen LogP contribution < -0.4 is 10.6 Å². The zero-order valence-corrected chi connectivity index (χ0v) is 11.4. The van der Waals surface area contributed by atoms with Crippen LogP contribution in [0, 0.1) is 11.3 Å². The van der Waals surface area contributed by atoms with E-state index in [-0.39, 0.29) is 17.6 Å². The van der Waals surface area contributed by atoms with Crippen molar-refractivity contribution in [2.24, 2.45) is 4.99 Å². The van der Waals surface area contributed by atoms with Gasteiger partial charge in [0.05, 0.1) is 17.3 Å². The van der Waals surface area contributed by atoms with Gasteiger partial charge in [-0.05, 0) is 23.8 Å². The van der Waals surface area contributed by atoms with Crippen molar-refractivity contribution in [3.63, 3.8) is 0 Å². The molecule has 22 heavy (non-hydrogen) atoms. The normalized spacial score (nSPS) is 16.6. The number of rotatable bonds is 2. The Morgan fingerprint density at radius 1 is 1.23 bits per heavy atom. The highest BCUT2D eigenvalue weighted by molar-refractivity contribution is 6.11. The van der Waals surface area contributed by atoms with E-state index >= 15 is 0 Å². The third-order valence-electron chi connectivity index (χ3n) is 3.24. The van der Waals surface area contributed by atoms with E-state index in [9.17, 15) is 9.90 Å². The molecule has 3 N–H and O–H groups in total. The van der Waals surface area contributed by atoms with Crippen molar-refractivity contribution in [3.8, 4) is 11.8 Å². The lowest BCUT2D eigenvalue weighted by Gasteiger charge is -2.07. The van der Waals surface area contributed by atoms with Crippen molar-refractivity contribution < 1.29 is 9.90 Å². The minimum absolute atomic E-state index is 0.0841. The summed E-state index contributed by atoms with van der Waals surface area (Å²) in [4.78, 5) is 16.3. The summed E-state index contributed by atoms with van der Waals surface area (Å²) in [6.07, 6.45) is 0. The average molecular weight is 292 g/mol. The summed E-state index contributed by atoms with van der Waals surface area (Å²) in [5, 5.41) is 24.1. The van der Waals surface area contributed by atoms with Crippen molar-refractivity contribution >= 4 is 17.6 Å². The Bertz CT molecular complexity index is 794. The molecule has 6 nitrogen and oxygen atoms in total. The number of nitriles is 1. The van der Waals surface area contributed by atoms with E-state index in [1.54, 1.807) is 12.1 Å². The van der Waals surface area contributed by atoms with E-state index in [4.69, 9.17) is 5.26 Å². The number of aromatic hydroxyl groups is 1. The molecule has 1 atom stereocenters. The van der Waals surface area contributed by atoms with E-state index in [1.807, 2.05) is 36.4 Å². The van der Waals surface area contributed by atoms with Crippen molar-refractivity contribution in [1.29, 1.82) is 5.26 Å². The van der Waals surface area contributed by atoms with Gasteiger partial charge in [0.15, 0.2) is 6.04 Å². The highest BCUT2D eigenvalue weighted by Gasteiger charge is 2.28. The summed E-state index contributed by atoms with van der Waals surface area (Å²) in [6, 6.07) is 15.0. The van der Waals surface area contributed by atoms with Gasteiger partial charge in [-0.15, -0.1) is 0 Å². The Morgan fingerprint density at radius 2 is 2.00 bits per heavy atom. The maximum atomic E-state index is 12.0. The fourth-order valence-corrected chi connectivity index (χ4v) is 2.16. The third-order valence-corrected chi connectivity index (χ3v) is 3.24. The first kappa shape index (κ1) is 13.6. The molecule has 1 amide bonds. The van der Waals surface area contributed by atoms with E-state index in [0.717, 1.165) is 5.56 Å². The number of amides is 1. The Morgan fingerprint density at radius 3 is 2.68 bits per heavy atom. The molecule has 0 saturated heterocycles. The third kappa shape index (κ3) is 2.60. The molecule has 0 spiro atoms. The van der Waals surface area contributed by atoms with Crippen molar-refractivity contribution in [2.45, 2.75) is 6.04 Å². The molecule has 0 aliphatic carbocycles. The van der Waals surface area contributed by atoms with E-state index in [1.165, 1.54) is 6.07 Å². The van der Waals surface area contributed by atoms with Crippen LogP contribution >= 0.6 is 0 Å². The Balaban J connectivity index is 1.82. The number of anilines is 1. The topological polar surface area (TPSA) is 97.5 Å². The molecule has 0 saturated carbocycles. The van der Waals surface area contributed by atoms with Crippen LogP contribution in [0.3, 0.4) is 0 Å². The van der Waals surface area contributed by atoms with Crippen LogP contribution in [0.1, 0.15) is 17.2 Å². The predicted molar refractivity (Wildman–Crippen MR) is 81.2 cm³/mol. The number of benzene rings is 2. The molecule has 2 aromatic rings. The molecule has 3 rings (SSSR count). The van der Waals surface area contributed by atoms with Crippen LogP contribution in [-0.4, -0.2) is 17.0 Å². The first-order chi connectivity index (χ1) is 10.7. The van der Waals surface area contributed by atoms with Crippen LogP contribution in [0.15, 0.2) is 53.5 Å². The SMILES string of the molecule is N#Cc1ccc(NC2=NC(c3ccccc3)C(=O)N2)c(O)c1. The first-order valence-corrected chi connectivity index (χ1v) is 6.61. The van der Waals surface area contributed by atoms with Gasteiger partial charge >= 0.3 is 0 Å². The Hall–Kier alpha value is -3.33. The van der Waals surface area contributed by atoms with Gasteiger partial charge in [0.1, 0.15) is 5.75 Å². The highest BCUT2D eigenvalue weighted by Crippen LogP contribution is 2.26. The molecule has 1 aliphatic rings. The van der Waals surface area contributed by atoms with Crippen LogP contribution in [0.2, 0.25) is 0 Å². The smallest absolute Gasteiger partial charge is 0.256 e. The highest BCUT2D eigenvalue weighted by atomic mass is 16.3.